The lowest BCUT2D eigenvalue weighted by Crippen LogP contribution is -2.40. The molecule has 0 aliphatic heterocycles. The van der Waals surface area contributed by atoms with Gasteiger partial charge in [-0.1, -0.05) is 12.1 Å². The van der Waals surface area contributed by atoms with Gasteiger partial charge in [-0.15, -0.1) is 0 Å². The van der Waals surface area contributed by atoms with Gasteiger partial charge in [-0.2, -0.15) is 0 Å². The van der Waals surface area contributed by atoms with Crippen LogP contribution in [0.3, 0.4) is 0 Å². The molecule has 82 valence electrons. The first kappa shape index (κ1) is 11.9. The normalized spacial score (nSPS) is 9.87. The molecule has 0 saturated carbocycles. The maximum atomic E-state index is 5.68. The monoisotopic (exact) mass is 223 g/mol. The van der Waals surface area contributed by atoms with Crippen LogP contribution in [0.15, 0.2) is 18.2 Å². The van der Waals surface area contributed by atoms with Crippen LogP contribution in [0, 0.1) is 13.8 Å². The van der Waals surface area contributed by atoms with Crippen molar-refractivity contribution in [1.29, 1.82) is 0 Å². The first-order chi connectivity index (χ1) is 7.06. The number of nitrogens with zero attached hydrogens (tertiary/aromatic N) is 1. The smallest absolute Gasteiger partial charge is 0.187 e. The van der Waals surface area contributed by atoms with Crippen LogP contribution in [0.2, 0.25) is 0 Å². The van der Waals surface area contributed by atoms with E-state index in [9.17, 15) is 0 Å². The largest absolute Gasteiger partial charge is 0.331 e. The molecule has 0 spiro atoms. The summed E-state index contributed by atoms with van der Waals surface area (Å²) in [5.74, 6) is 5.68. The van der Waals surface area contributed by atoms with Gasteiger partial charge in [-0.25, -0.2) is 5.84 Å². The summed E-state index contributed by atoms with van der Waals surface area (Å²) in [5.41, 5.74) is 3.45. The zero-order valence-corrected chi connectivity index (χ0v) is 10.2. The molecule has 0 aliphatic rings. The van der Waals surface area contributed by atoms with Gasteiger partial charge >= 0.3 is 0 Å². The molecule has 0 saturated heterocycles. The van der Waals surface area contributed by atoms with E-state index in [0.29, 0.717) is 11.7 Å². The minimum absolute atomic E-state index is 0.547. The van der Waals surface area contributed by atoms with Gasteiger partial charge < -0.3 is 5.32 Å². The summed E-state index contributed by atoms with van der Waals surface area (Å²) in [6, 6.07) is 6.07. The van der Waals surface area contributed by atoms with Crippen LogP contribution in [-0.4, -0.2) is 16.7 Å². The molecule has 0 bridgehead atoms. The Morgan fingerprint density at radius 2 is 2.13 bits per heavy atom. The highest BCUT2D eigenvalue weighted by Gasteiger charge is 2.05. The quantitative estimate of drug-likeness (QED) is 0.458. The maximum Gasteiger partial charge on any atom is 0.187 e. The lowest BCUT2D eigenvalue weighted by Gasteiger charge is -2.19. The van der Waals surface area contributed by atoms with Crippen molar-refractivity contribution in [1.82, 2.24) is 5.01 Å². The average molecular weight is 223 g/mol. The molecule has 1 aromatic carbocycles. The summed E-state index contributed by atoms with van der Waals surface area (Å²) in [5, 5.41) is 5.19. The van der Waals surface area contributed by atoms with Crippen LogP contribution in [0.1, 0.15) is 18.1 Å². The maximum absolute atomic E-state index is 5.68. The summed E-state index contributed by atoms with van der Waals surface area (Å²) in [6.07, 6.45) is 0. The van der Waals surface area contributed by atoms with Gasteiger partial charge in [0.05, 0.1) is 0 Å². The van der Waals surface area contributed by atoms with Gasteiger partial charge in [0, 0.05) is 12.2 Å². The number of nitrogens with two attached hydrogens (primary N) is 1. The molecule has 0 aromatic heterocycles. The summed E-state index contributed by atoms with van der Waals surface area (Å²) >= 11 is 5.15. The molecule has 0 aliphatic carbocycles. The number of thiocarbonyl (C=S) groups is 1. The first-order valence-electron chi connectivity index (χ1n) is 4.95. The number of hydrogen-bond acceptors (Lipinski definition) is 2. The van der Waals surface area contributed by atoms with Crippen LogP contribution >= 0.6 is 12.2 Å². The number of hydrogen-bond donors (Lipinski definition) is 2. The average Bonchev–Trinajstić information content (AvgIpc) is 2.23. The molecule has 3 N–H and O–H groups in total. The van der Waals surface area contributed by atoms with Gasteiger partial charge in [0.1, 0.15) is 0 Å². The van der Waals surface area contributed by atoms with E-state index in [1.54, 1.807) is 0 Å². The molecule has 0 amide bonds. The predicted octanol–water partition coefficient (Wildman–Crippen LogP) is 2.20. The number of aryl methyl sites for hydroxylation is 1. The molecular formula is C11H17N3S. The van der Waals surface area contributed by atoms with Crippen molar-refractivity contribution in [2.75, 3.05) is 11.9 Å². The fourth-order valence-electron chi connectivity index (χ4n) is 1.22. The van der Waals surface area contributed by atoms with Crippen LogP contribution in [-0.2, 0) is 0 Å². The zero-order chi connectivity index (χ0) is 11.4. The van der Waals surface area contributed by atoms with Crippen LogP contribution < -0.4 is 11.2 Å². The van der Waals surface area contributed by atoms with Crippen LogP contribution in [0.25, 0.3) is 0 Å². The molecule has 4 heteroatoms. The summed E-state index contributed by atoms with van der Waals surface area (Å²) in [4.78, 5) is 0. The Morgan fingerprint density at radius 1 is 1.47 bits per heavy atom. The van der Waals surface area contributed by atoms with Crippen molar-refractivity contribution in [3.05, 3.63) is 29.3 Å². The second kappa shape index (κ2) is 5.09. The first-order valence-corrected chi connectivity index (χ1v) is 5.36. The van der Waals surface area contributed by atoms with Gasteiger partial charge in [0.2, 0.25) is 0 Å². The van der Waals surface area contributed by atoms with E-state index in [-0.39, 0.29) is 0 Å². The molecule has 0 radical (unpaired) electrons. The zero-order valence-electron chi connectivity index (χ0n) is 9.37. The number of anilines is 1. The second-order valence-electron chi connectivity index (χ2n) is 3.46. The van der Waals surface area contributed by atoms with Crippen molar-refractivity contribution in [3.63, 3.8) is 0 Å². The van der Waals surface area contributed by atoms with Gasteiger partial charge in [0.25, 0.3) is 0 Å². The molecule has 0 atom stereocenters. The molecule has 0 unspecified atom stereocenters. The van der Waals surface area contributed by atoms with E-state index >= 15 is 0 Å². The molecule has 0 heterocycles. The molecule has 1 rings (SSSR count). The van der Waals surface area contributed by atoms with Gasteiger partial charge in [0.15, 0.2) is 5.11 Å². The van der Waals surface area contributed by atoms with Crippen LogP contribution in [0.5, 0.6) is 0 Å². The summed E-state index contributed by atoms with van der Waals surface area (Å²) in [6.45, 7) is 6.78. The van der Waals surface area contributed by atoms with E-state index in [0.717, 1.165) is 5.69 Å². The predicted molar refractivity (Wildman–Crippen MR) is 68.7 cm³/mol. The summed E-state index contributed by atoms with van der Waals surface area (Å²) < 4.78 is 0. The highest BCUT2D eigenvalue weighted by molar-refractivity contribution is 7.80. The Hall–Kier alpha value is -1.13. The number of benzene rings is 1. The third-order valence-corrected chi connectivity index (χ3v) is 2.78. The third-order valence-electron chi connectivity index (χ3n) is 2.45. The van der Waals surface area contributed by atoms with E-state index < -0.39 is 0 Å². The Morgan fingerprint density at radius 3 is 2.73 bits per heavy atom. The fraction of sp³-hybridized carbons (Fsp3) is 0.364. The minimum Gasteiger partial charge on any atom is -0.331 e. The molecular weight excluding hydrogens is 206 g/mol. The van der Waals surface area contributed by atoms with Crippen molar-refractivity contribution in [2.45, 2.75) is 20.8 Å². The highest BCUT2D eigenvalue weighted by Crippen LogP contribution is 2.17. The van der Waals surface area contributed by atoms with Gasteiger partial charge in [-0.3, -0.25) is 5.01 Å². The van der Waals surface area contributed by atoms with E-state index in [4.69, 9.17) is 18.1 Å². The lowest BCUT2D eigenvalue weighted by molar-refractivity contribution is 0.473. The van der Waals surface area contributed by atoms with Crippen molar-refractivity contribution >= 4 is 23.0 Å². The van der Waals surface area contributed by atoms with Crippen molar-refractivity contribution in [2.24, 2.45) is 5.84 Å². The fourth-order valence-corrected chi connectivity index (χ4v) is 1.46. The van der Waals surface area contributed by atoms with E-state index in [2.05, 4.69) is 25.2 Å². The topological polar surface area (TPSA) is 41.3 Å². The number of rotatable bonds is 2. The Labute approximate surface area is 96.2 Å². The standard InChI is InChI=1S/C11H17N3S/c1-4-14(12)11(15)13-10-7-5-6-8(2)9(10)3/h5-7H,4,12H2,1-3H3,(H,13,15). The Bertz CT molecular complexity index is 363. The third kappa shape index (κ3) is 2.91. The summed E-state index contributed by atoms with van der Waals surface area (Å²) in [7, 11) is 0. The molecule has 15 heavy (non-hydrogen) atoms. The van der Waals surface area contributed by atoms with E-state index in [1.807, 2.05) is 19.1 Å². The Kier molecular flexibility index (Phi) is 4.05. The minimum atomic E-state index is 0.547. The van der Waals surface area contributed by atoms with Crippen molar-refractivity contribution in [3.8, 4) is 0 Å². The Balaban J connectivity index is 2.81. The highest BCUT2D eigenvalue weighted by atomic mass is 32.1. The number of hydrazine groups is 1. The van der Waals surface area contributed by atoms with Crippen molar-refractivity contribution < 1.29 is 0 Å². The van der Waals surface area contributed by atoms with Gasteiger partial charge in [-0.05, 0) is 50.2 Å². The van der Waals surface area contributed by atoms with E-state index in [1.165, 1.54) is 16.1 Å². The second-order valence-corrected chi connectivity index (χ2v) is 3.85. The molecule has 0 fully saturated rings. The van der Waals surface area contributed by atoms with Crippen LogP contribution in [0.4, 0.5) is 5.69 Å². The number of nitrogens with one attached hydrogen (secondary N) is 1. The lowest BCUT2D eigenvalue weighted by atomic mass is 10.1. The molecule has 1 aromatic rings. The molecule has 3 nitrogen and oxygen atoms in total. The SMILES string of the molecule is CCN(N)C(=S)Nc1cccc(C)c1C.